The number of hydrogen-bond acceptors (Lipinski definition) is 5. The molecule has 0 aromatic heterocycles. The molecule has 0 saturated carbocycles. The van der Waals surface area contributed by atoms with Crippen LogP contribution in [0.5, 0.6) is 0 Å². The van der Waals surface area contributed by atoms with Crippen LogP contribution in [0.25, 0.3) is 0 Å². The monoisotopic (exact) mass is 398 g/mol. The highest BCUT2D eigenvalue weighted by molar-refractivity contribution is 7.92. The number of sulfonamides is 1. The summed E-state index contributed by atoms with van der Waals surface area (Å²) in [6.07, 6.45) is 1.79. The molecule has 3 N–H and O–H groups in total. The third-order valence-corrected chi connectivity index (χ3v) is 6.00. The number of nitrogens with one attached hydrogen (secondary N) is 2. The Labute approximate surface area is 159 Å². The fraction of sp³-hybridized carbons (Fsp3) is 0.556. The molecule has 27 heavy (non-hydrogen) atoms. The van der Waals surface area contributed by atoms with Gasteiger partial charge in [-0.05, 0) is 43.4 Å². The van der Waals surface area contributed by atoms with Gasteiger partial charge in [-0.2, -0.15) is 0 Å². The molecule has 150 valence electrons. The van der Waals surface area contributed by atoms with Gasteiger partial charge in [0.15, 0.2) is 0 Å². The van der Waals surface area contributed by atoms with Gasteiger partial charge < -0.3 is 15.2 Å². The van der Waals surface area contributed by atoms with Crippen LogP contribution < -0.4 is 10.0 Å². The van der Waals surface area contributed by atoms with E-state index >= 15 is 0 Å². The van der Waals surface area contributed by atoms with Gasteiger partial charge in [0.05, 0.1) is 11.7 Å². The van der Waals surface area contributed by atoms with Crippen molar-refractivity contribution in [2.45, 2.75) is 26.2 Å². The molecular weight excluding hydrogens is 372 g/mol. The molecule has 2 rings (SSSR count). The summed E-state index contributed by atoms with van der Waals surface area (Å²) in [7, 11) is -3.45. The number of anilines is 1. The Morgan fingerprint density at radius 2 is 2.00 bits per heavy atom. The molecule has 1 fully saturated rings. The van der Waals surface area contributed by atoms with Crippen LogP contribution in [0.4, 0.5) is 5.69 Å². The SMILES string of the molecule is CCCS(=O)(=O)Nc1cccc(C(=O)NCC(C(=O)O)C2CCOCC2)c1. The van der Waals surface area contributed by atoms with Crippen LogP contribution in [-0.4, -0.2) is 50.9 Å². The van der Waals surface area contributed by atoms with Gasteiger partial charge in [0.25, 0.3) is 5.91 Å². The van der Waals surface area contributed by atoms with Crippen molar-refractivity contribution < 1.29 is 27.9 Å². The van der Waals surface area contributed by atoms with Gasteiger partial charge in [-0.25, -0.2) is 8.42 Å². The van der Waals surface area contributed by atoms with Crippen LogP contribution >= 0.6 is 0 Å². The van der Waals surface area contributed by atoms with E-state index in [0.29, 0.717) is 38.2 Å². The maximum Gasteiger partial charge on any atom is 0.308 e. The molecule has 0 bridgehead atoms. The minimum Gasteiger partial charge on any atom is -0.481 e. The highest BCUT2D eigenvalue weighted by atomic mass is 32.2. The molecule has 1 heterocycles. The summed E-state index contributed by atoms with van der Waals surface area (Å²) in [6, 6.07) is 6.13. The second-order valence-electron chi connectivity index (χ2n) is 6.61. The maximum atomic E-state index is 12.4. The fourth-order valence-corrected chi connectivity index (χ4v) is 4.23. The molecule has 0 aliphatic carbocycles. The number of aliphatic carboxylic acids is 1. The molecule has 9 heteroatoms. The van der Waals surface area contributed by atoms with Crippen molar-refractivity contribution in [2.75, 3.05) is 30.2 Å². The van der Waals surface area contributed by atoms with Crippen LogP contribution in [0, 0.1) is 11.8 Å². The predicted octanol–water partition coefficient (Wildman–Crippen LogP) is 1.70. The molecule has 1 aromatic carbocycles. The van der Waals surface area contributed by atoms with Crippen molar-refractivity contribution in [1.29, 1.82) is 0 Å². The Balaban J connectivity index is 2.00. The Kier molecular flexibility index (Phi) is 7.61. The van der Waals surface area contributed by atoms with E-state index in [1.54, 1.807) is 25.1 Å². The Morgan fingerprint density at radius 3 is 2.63 bits per heavy atom. The highest BCUT2D eigenvalue weighted by Crippen LogP contribution is 2.24. The molecule has 1 aromatic rings. The van der Waals surface area contributed by atoms with Crippen LogP contribution in [0.15, 0.2) is 24.3 Å². The number of carbonyl (C=O) groups is 2. The van der Waals surface area contributed by atoms with Crippen molar-refractivity contribution in [3.63, 3.8) is 0 Å². The maximum absolute atomic E-state index is 12.4. The third kappa shape index (κ3) is 6.51. The molecule has 1 atom stereocenters. The largest absolute Gasteiger partial charge is 0.481 e. The Morgan fingerprint density at radius 1 is 1.30 bits per heavy atom. The molecule has 0 radical (unpaired) electrons. The summed E-state index contributed by atoms with van der Waals surface area (Å²) in [6.45, 7) is 2.84. The van der Waals surface area contributed by atoms with Crippen molar-refractivity contribution in [1.82, 2.24) is 5.32 Å². The van der Waals surface area contributed by atoms with E-state index in [2.05, 4.69) is 10.0 Å². The van der Waals surface area contributed by atoms with Crippen LogP contribution in [0.3, 0.4) is 0 Å². The lowest BCUT2D eigenvalue weighted by Crippen LogP contribution is -2.39. The zero-order chi connectivity index (χ0) is 19.9. The smallest absolute Gasteiger partial charge is 0.308 e. The first-order chi connectivity index (χ1) is 12.8. The van der Waals surface area contributed by atoms with Crippen molar-refractivity contribution in [3.05, 3.63) is 29.8 Å². The molecule has 0 spiro atoms. The molecular formula is C18H26N2O6S. The van der Waals surface area contributed by atoms with E-state index < -0.39 is 27.8 Å². The number of carbonyl (C=O) groups excluding carboxylic acids is 1. The van der Waals surface area contributed by atoms with Crippen LogP contribution in [0.1, 0.15) is 36.5 Å². The summed E-state index contributed by atoms with van der Waals surface area (Å²) in [4.78, 5) is 23.9. The second kappa shape index (κ2) is 9.70. The van der Waals surface area contributed by atoms with Gasteiger partial charge >= 0.3 is 5.97 Å². The summed E-state index contributed by atoms with van der Waals surface area (Å²) >= 11 is 0. The fourth-order valence-electron chi connectivity index (χ4n) is 3.10. The second-order valence-corrected chi connectivity index (χ2v) is 8.45. The average molecular weight is 398 g/mol. The molecule has 1 amide bonds. The van der Waals surface area contributed by atoms with Gasteiger partial charge in [-0.3, -0.25) is 14.3 Å². The standard InChI is InChI=1S/C18H26N2O6S/c1-2-10-27(24,25)20-15-5-3-4-14(11-15)17(21)19-12-16(18(22)23)13-6-8-26-9-7-13/h3-5,11,13,16,20H,2,6-10,12H2,1H3,(H,19,21)(H,22,23). The van der Waals surface area contributed by atoms with E-state index in [-0.39, 0.29) is 23.8 Å². The molecule has 1 aliphatic rings. The zero-order valence-corrected chi connectivity index (χ0v) is 16.1. The average Bonchev–Trinajstić information content (AvgIpc) is 2.62. The quantitative estimate of drug-likeness (QED) is 0.582. The number of hydrogen-bond donors (Lipinski definition) is 3. The van der Waals surface area contributed by atoms with E-state index in [1.165, 1.54) is 6.07 Å². The van der Waals surface area contributed by atoms with Gasteiger partial charge in [-0.1, -0.05) is 13.0 Å². The summed E-state index contributed by atoms with van der Waals surface area (Å²) in [5, 5.41) is 12.1. The highest BCUT2D eigenvalue weighted by Gasteiger charge is 2.30. The number of rotatable bonds is 9. The molecule has 1 saturated heterocycles. The zero-order valence-electron chi connectivity index (χ0n) is 15.3. The number of carboxylic acid groups (broad SMARTS) is 1. The molecule has 1 aliphatic heterocycles. The Bertz CT molecular complexity index is 759. The number of ether oxygens (including phenoxy) is 1. The van der Waals surface area contributed by atoms with E-state index in [0.717, 1.165) is 0 Å². The minimum absolute atomic E-state index is 0.00514. The van der Waals surface area contributed by atoms with Crippen LogP contribution in [0.2, 0.25) is 0 Å². The predicted molar refractivity (Wildman–Crippen MR) is 101 cm³/mol. The van der Waals surface area contributed by atoms with Gasteiger partial charge in [0.1, 0.15) is 0 Å². The summed E-state index contributed by atoms with van der Waals surface area (Å²) in [5.41, 5.74) is 0.568. The summed E-state index contributed by atoms with van der Waals surface area (Å²) < 4.78 is 31.4. The first-order valence-electron chi connectivity index (χ1n) is 9.01. The van der Waals surface area contributed by atoms with Crippen LogP contribution in [-0.2, 0) is 19.6 Å². The van der Waals surface area contributed by atoms with E-state index in [1.807, 2.05) is 0 Å². The van der Waals surface area contributed by atoms with Crippen molar-refractivity contribution >= 4 is 27.6 Å². The first-order valence-corrected chi connectivity index (χ1v) is 10.7. The lowest BCUT2D eigenvalue weighted by molar-refractivity contribution is -0.144. The van der Waals surface area contributed by atoms with Gasteiger partial charge in [0.2, 0.25) is 10.0 Å². The first kappa shape index (κ1) is 21.2. The minimum atomic E-state index is -3.45. The number of amides is 1. The third-order valence-electron chi connectivity index (χ3n) is 4.51. The van der Waals surface area contributed by atoms with E-state index in [4.69, 9.17) is 4.74 Å². The molecule has 1 unspecified atom stereocenters. The van der Waals surface area contributed by atoms with Crippen molar-refractivity contribution in [3.8, 4) is 0 Å². The lowest BCUT2D eigenvalue weighted by Gasteiger charge is -2.27. The molecule has 8 nitrogen and oxygen atoms in total. The van der Waals surface area contributed by atoms with E-state index in [9.17, 15) is 23.1 Å². The lowest BCUT2D eigenvalue weighted by atomic mass is 9.86. The number of carboxylic acids is 1. The summed E-state index contributed by atoms with van der Waals surface area (Å²) in [5.74, 6) is -2.10. The number of benzene rings is 1. The topological polar surface area (TPSA) is 122 Å². The van der Waals surface area contributed by atoms with Gasteiger partial charge in [0, 0.05) is 31.0 Å². The normalized spacial score (nSPS) is 16.5. The van der Waals surface area contributed by atoms with Crippen molar-refractivity contribution in [2.24, 2.45) is 11.8 Å². The Hall–Kier alpha value is -2.13. The van der Waals surface area contributed by atoms with Gasteiger partial charge in [-0.15, -0.1) is 0 Å².